The van der Waals surface area contributed by atoms with Crippen molar-refractivity contribution in [3.05, 3.63) is 68.5 Å². The van der Waals surface area contributed by atoms with E-state index >= 15 is 0 Å². The highest BCUT2D eigenvalue weighted by atomic mass is 35.5. The summed E-state index contributed by atoms with van der Waals surface area (Å²) in [5.74, 6) is -0.0153. The number of carbonyl (C=O) groups is 1. The second-order valence-corrected chi connectivity index (χ2v) is 6.82. The third-order valence-electron chi connectivity index (χ3n) is 3.35. The first-order valence-corrected chi connectivity index (χ1v) is 8.08. The Morgan fingerprint density at radius 1 is 1.18 bits per heavy atom. The van der Waals surface area contributed by atoms with Crippen molar-refractivity contribution in [2.24, 2.45) is 0 Å². The van der Waals surface area contributed by atoms with Gasteiger partial charge in [0.2, 0.25) is 0 Å². The van der Waals surface area contributed by atoms with Crippen LogP contribution < -0.4 is 0 Å². The molecule has 3 rings (SSSR count). The summed E-state index contributed by atoms with van der Waals surface area (Å²) in [7, 11) is 0. The summed E-state index contributed by atoms with van der Waals surface area (Å²) in [6.45, 7) is 4.02. The Bertz CT molecular complexity index is 895. The first kappa shape index (κ1) is 14.9. The number of benzene rings is 1. The molecule has 0 aliphatic rings. The van der Waals surface area contributed by atoms with E-state index in [9.17, 15) is 4.79 Å². The van der Waals surface area contributed by atoms with Crippen LogP contribution in [-0.2, 0) is 0 Å². The second kappa shape index (κ2) is 6.03. The SMILES string of the molecule is Cc1ccc2nc(Cl)c(/C=C/C(=O)c3ccc(C)s3)cc2c1. The minimum atomic E-state index is -0.0153. The van der Waals surface area contributed by atoms with Crippen molar-refractivity contribution in [3.8, 4) is 0 Å². The van der Waals surface area contributed by atoms with Crippen molar-refractivity contribution in [3.63, 3.8) is 0 Å². The summed E-state index contributed by atoms with van der Waals surface area (Å²) in [6, 6.07) is 11.8. The molecule has 0 unspecified atom stereocenters. The lowest BCUT2D eigenvalue weighted by Crippen LogP contribution is -1.90. The molecule has 0 amide bonds. The van der Waals surface area contributed by atoms with Gasteiger partial charge in [0.05, 0.1) is 10.4 Å². The quantitative estimate of drug-likeness (QED) is 0.363. The Morgan fingerprint density at radius 2 is 2.00 bits per heavy atom. The number of aromatic nitrogens is 1. The van der Waals surface area contributed by atoms with Gasteiger partial charge in [0.15, 0.2) is 5.78 Å². The van der Waals surface area contributed by atoms with Crippen molar-refractivity contribution in [2.75, 3.05) is 0 Å². The van der Waals surface area contributed by atoms with Crippen molar-refractivity contribution >= 4 is 45.7 Å². The molecule has 0 fully saturated rings. The topological polar surface area (TPSA) is 30.0 Å². The molecule has 0 saturated carbocycles. The van der Waals surface area contributed by atoms with E-state index in [0.29, 0.717) is 5.15 Å². The summed E-state index contributed by atoms with van der Waals surface area (Å²) in [5.41, 5.74) is 2.77. The largest absolute Gasteiger partial charge is 0.288 e. The molecular formula is C18H14ClNOS. The van der Waals surface area contributed by atoms with E-state index in [-0.39, 0.29) is 5.78 Å². The number of aryl methyl sites for hydroxylation is 2. The molecule has 0 N–H and O–H groups in total. The lowest BCUT2D eigenvalue weighted by Gasteiger charge is -2.03. The second-order valence-electron chi connectivity index (χ2n) is 5.17. The fraction of sp³-hybridized carbons (Fsp3) is 0.111. The van der Waals surface area contributed by atoms with Gasteiger partial charge in [-0.15, -0.1) is 11.3 Å². The Kier molecular flexibility index (Phi) is 4.10. The average Bonchev–Trinajstić information content (AvgIpc) is 2.92. The van der Waals surface area contributed by atoms with Crippen LogP contribution in [0.1, 0.15) is 25.7 Å². The van der Waals surface area contributed by atoms with Crippen LogP contribution >= 0.6 is 22.9 Å². The van der Waals surface area contributed by atoms with Crippen LogP contribution in [0.25, 0.3) is 17.0 Å². The van der Waals surface area contributed by atoms with Gasteiger partial charge in [-0.25, -0.2) is 4.98 Å². The van der Waals surface area contributed by atoms with Gasteiger partial charge < -0.3 is 0 Å². The third kappa shape index (κ3) is 3.11. The smallest absolute Gasteiger partial charge is 0.195 e. The predicted molar refractivity (Wildman–Crippen MR) is 93.9 cm³/mol. The Labute approximate surface area is 138 Å². The fourth-order valence-corrected chi connectivity index (χ4v) is 3.22. The molecule has 1 aromatic carbocycles. The summed E-state index contributed by atoms with van der Waals surface area (Å²) < 4.78 is 0. The molecule has 0 aliphatic heterocycles. The number of carbonyl (C=O) groups excluding carboxylic acids is 1. The van der Waals surface area contributed by atoms with Crippen molar-refractivity contribution in [2.45, 2.75) is 13.8 Å². The minimum absolute atomic E-state index is 0.0153. The number of fused-ring (bicyclic) bond motifs is 1. The summed E-state index contributed by atoms with van der Waals surface area (Å²) in [6.07, 6.45) is 3.28. The summed E-state index contributed by atoms with van der Waals surface area (Å²) in [4.78, 5) is 18.4. The lowest BCUT2D eigenvalue weighted by molar-refractivity contribution is 0.105. The maximum atomic E-state index is 12.1. The van der Waals surface area contributed by atoms with Crippen LogP contribution in [0.4, 0.5) is 0 Å². The van der Waals surface area contributed by atoms with Gasteiger partial charge in [0.1, 0.15) is 5.15 Å². The highest BCUT2D eigenvalue weighted by Gasteiger charge is 2.06. The van der Waals surface area contributed by atoms with Crippen LogP contribution in [0.2, 0.25) is 5.15 Å². The number of pyridine rings is 1. The number of ketones is 1. The van der Waals surface area contributed by atoms with Crippen LogP contribution in [0.5, 0.6) is 0 Å². The van der Waals surface area contributed by atoms with E-state index in [1.165, 1.54) is 11.3 Å². The molecule has 110 valence electrons. The maximum Gasteiger partial charge on any atom is 0.195 e. The van der Waals surface area contributed by atoms with Gasteiger partial charge in [-0.2, -0.15) is 0 Å². The van der Waals surface area contributed by atoms with Crippen LogP contribution in [0.3, 0.4) is 0 Å². The Hall–Kier alpha value is -1.97. The first-order chi connectivity index (χ1) is 10.5. The molecular weight excluding hydrogens is 314 g/mol. The molecule has 0 atom stereocenters. The number of hydrogen-bond acceptors (Lipinski definition) is 3. The van der Waals surface area contributed by atoms with Gasteiger partial charge >= 0.3 is 0 Å². The average molecular weight is 328 g/mol. The lowest BCUT2D eigenvalue weighted by atomic mass is 10.1. The third-order valence-corrected chi connectivity index (χ3v) is 4.67. The van der Waals surface area contributed by atoms with E-state index in [2.05, 4.69) is 11.1 Å². The van der Waals surface area contributed by atoms with E-state index in [1.54, 1.807) is 12.2 Å². The molecule has 3 aromatic rings. The number of allylic oxidation sites excluding steroid dienone is 1. The van der Waals surface area contributed by atoms with Gasteiger partial charge in [0, 0.05) is 15.8 Å². The highest BCUT2D eigenvalue weighted by molar-refractivity contribution is 7.14. The van der Waals surface area contributed by atoms with Crippen molar-refractivity contribution < 1.29 is 4.79 Å². The Morgan fingerprint density at radius 3 is 2.73 bits per heavy atom. The predicted octanol–water partition coefficient (Wildman–Crippen LogP) is 5.46. The molecule has 0 radical (unpaired) electrons. The molecule has 0 aliphatic carbocycles. The van der Waals surface area contributed by atoms with E-state index < -0.39 is 0 Å². The maximum absolute atomic E-state index is 12.1. The van der Waals surface area contributed by atoms with Gasteiger partial charge in [-0.05, 0) is 56.3 Å². The van der Waals surface area contributed by atoms with Gasteiger partial charge in [0.25, 0.3) is 0 Å². The number of rotatable bonds is 3. The minimum Gasteiger partial charge on any atom is -0.288 e. The molecule has 4 heteroatoms. The Balaban J connectivity index is 1.94. The number of nitrogens with zero attached hydrogens (tertiary/aromatic N) is 1. The molecule has 2 heterocycles. The fourth-order valence-electron chi connectivity index (χ4n) is 2.22. The molecule has 0 spiro atoms. The summed E-state index contributed by atoms with van der Waals surface area (Å²) >= 11 is 7.70. The molecule has 22 heavy (non-hydrogen) atoms. The molecule has 2 aromatic heterocycles. The van der Waals surface area contributed by atoms with Gasteiger partial charge in [-0.3, -0.25) is 4.79 Å². The highest BCUT2D eigenvalue weighted by Crippen LogP contribution is 2.23. The number of hydrogen-bond donors (Lipinski definition) is 0. The van der Waals surface area contributed by atoms with Crippen LogP contribution in [-0.4, -0.2) is 10.8 Å². The molecule has 0 saturated heterocycles. The standard InChI is InChI=1S/C18H14ClNOS/c1-11-3-6-15-14(9-11)10-13(18(19)20-15)5-7-16(21)17-8-4-12(2)22-17/h3-10H,1-2H3/b7-5+. The van der Waals surface area contributed by atoms with E-state index in [4.69, 9.17) is 11.6 Å². The van der Waals surface area contributed by atoms with E-state index in [1.807, 2.05) is 44.2 Å². The normalized spacial score (nSPS) is 11.4. The zero-order chi connectivity index (χ0) is 15.7. The monoisotopic (exact) mass is 327 g/mol. The number of halogens is 1. The molecule has 0 bridgehead atoms. The molecule has 2 nitrogen and oxygen atoms in total. The van der Waals surface area contributed by atoms with Crippen LogP contribution in [0, 0.1) is 13.8 Å². The van der Waals surface area contributed by atoms with E-state index in [0.717, 1.165) is 31.8 Å². The van der Waals surface area contributed by atoms with Crippen molar-refractivity contribution in [1.82, 2.24) is 4.98 Å². The van der Waals surface area contributed by atoms with Crippen LogP contribution in [0.15, 0.2) is 42.5 Å². The first-order valence-electron chi connectivity index (χ1n) is 6.89. The number of thiophene rings is 1. The van der Waals surface area contributed by atoms with Crippen molar-refractivity contribution in [1.29, 1.82) is 0 Å². The van der Waals surface area contributed by atoms with Gasteiger partial charge in [-0.1, -0.05) is 23.2 Å². The summed E-state index contributed by atoms with van der Waals surface area (Å²) in [5, 5.41) is 1.42. The zero-order valence-corrected chi connectivity index (χ0v) is 13.8. The zero-order valence-electron chi connectivity index (χ0n) is 12.3.